The summed E-state index contributed by atoms with van der Waals surface area (Å²) in [4.78, 5) is 11.8. The molecule has 0 unspecified atom stereocenters. The van der Waals surface area contributed by atoms with E-state index in [1.807, 2.05) is 0 Å². The number of nitrogens with zero attached hydrogens (tertiary/aromatic N) is 2. The molecule has 1 N–H and O–H groups in total. The Balaban J connectivity index is 2.04. The maximum absolute atomic E-state index is 11.8. The SMILES string of the molecule is CC(C)C1(NC(=O)c2nnc(Cl)s2)CC1. The predicted molar refractivity (Wildman–Crippen MR) is 59.2 cm³/mol. The van der Waals surface area contributed by atoms with Gasteiger partial charge in [0, 0.05) is 5.54 Å². The first-order valence-corrected chi connectivity index (χ1v) is 6.04. The number of hydrogen-bond acceptors (Lipinski definition) is 4. The summed E-state index contributed by atoms with van der Waals surface area (Å²) in [5.41, 5.74) is -0.0186. The molecule has 6 heteroatoms. The first kappa shape index (κ1) is 10.8. The Morgan fingerprint density at radius 1 is 1.53 bits per heavy atom. The van der Waals surface area contributed by atoms with Gasteiger partial charge >= 0.3 is 0 Å². The van der Waals surface area contributed by atoms with E-state index in [1.165, 1.54) is 0 Å². The Bertz CT molecular complexity index is 386. The van der Waals surface area contributed by atoms with Crippen molar-refractivity contribution in [3.63, 3.8) is 0 Å². The molecule has 1 amide bonds. The van der Waals surface area contributed by atoms with E-state index in [4.69, 9.17) is 11.6 Å². The van der Waals surface area contributed by atoms with Gasteiger partial charge in [-0.3, -0.25) is 4.79 Å². The number of nitrogens with one attached hydrogen (secondary N) is 1. The highest BCUT2D eigenvalue weighted by Gasteiger charge is 2.47. The lowest BCUT2D eigenvalue weighted by Crippen LogP contribution is -2.40. The molecular formula is C9H12ClN3OS. The smallest absolute Gasteiger partial charge is 0.282 e. The van der Waals surface area contributed by atoms with Crippen LogP contribution in [-0.2, 0) is 0 Å². The molecule has 82 valence electrons. The van der Waals surface area contributed by atoms with E-state index < -0.39 is 0 Å². The molecule has 0 aliphatic heterocycles. The third-order valence-corrected chi connectivity index (χ3v) is 3.87. The molecule has 1 fully saturated rings. The third-order valence-electron chi connectivity index (χ3n) is 2.85. The standard InChI is InChI=1S/C9H12ClN3OS/c1-5(2)9(3-4-9)11-6(14)7-12-13-8(10)15-7/h5H,3-4H2,1-2H3,(H,11,14). The highest BCUT2D eigenvalue weighted by Crippen LogP contribution is 2.42. The molecule has 0 bridgehead atoms. The maximum atomic E-state index is 11.8. The van der Waals surface area contributed by atoms with Crippen molar-refractivity contribution >= 4 is 28.8 Å². The van der Waals surface area contributed by atoms with Crippen LogP contribution >= 0.6 is 22.9 Å². The Kier molecular flexibility index (Phi) is 2.68. The van der Waals surface area contributed by atoms with Gasteiger partial charge in [-0.2, -0.15) is 0 Å². The average Bonchev–Trinajstić information content (AvgIpc) is 2.82. The van der Waals surface area contributed by atoms with E-state index in [0.717, 1.165) is 24.2 Å². The van der Waals surface area contributed by atoms with Crippen molar-refractivity contribution in [3.05, 3.63) is 9.47 Å². The normalized spacial score (nSPS) is 17.9. The first-order valence-electron chi connectivity index (χ1n) is 4.85. The van der Waals surface area contributed by atoms with Crippen LogP contribution < -0.4 is 5.32 Å². The fourth-order valence-corrected chi connectivity index (χ4v) is 2.28. The van der Waals surface area contributed by atoms with E-state index in [1.54, 1.807) is 0 Å². The Morgan fingerprint density at radius 2 is 2.20 bits per heavy atom. The summed E-state index contributed by atoms with van der Waals surface area (Å²) in [5, 5.41) is 10.7. The number of halogens is 1. The number of amides is 1. The molecule has 1 heterocycles. The lowest BCUT2D eigenvalue weighted by atomic mass is 10.0. The molecule has 0 saturated heterocycles. The number of hydrogen-bond donors (Lipinski definition) is 1. The van der Waals surface area contributed by atoms with Gasteiger partial charge < -0.3 is 5.32 Å². The average molecular weight is 246 g/mol. The minimum atomic E-state index is -0.161. The van der Waals surface area contributed by atoms with Gasteiger partial charge in [0.2, 0.25) is 9.47 Å². The molecule has 0 aromatic carbocycles. The van der Waals surface area contributed by atoms with E-state index in [2.05, 4.69) is 29.4 Å². The lowest BCUT2D eigenvalue weighted by Gasteiger charge is -2.20. The predicted octanol–water partition coefficient (Wildman–Crippen LogP) is 2.11. The number of carbonyl (C=O) groups is 1. The number of aromatic nitrogens is 2. The van der Waals surface area contributed by atoms with Crippen LogP contribution in [0.5, 0.6) is 0 Å². The molecule has 1 aromatic rings. The minimum absolute atomic E-state index is 0.0186. The zero-order valence-electron chi connectivity index (χ0n) is 8.58. The summed E-state index contributed by atoms with van der Waals surface area (Å²) in [7, 11) is 0. The number of rotatable bonds is 3. The van der Waals surface area contributed by atoms with Crippen LogP contribution in [0.3, 0.4) is 0 Å². The minimum Gasteiger partial charge on any atom is -0.344 e. The summed E-state index contributed by atoms with van der Waals surface area (Å²) in [5.74, 6) is 0.287. The van der Waals surface area contributed by atoms with Gasteiger partial charge in [0.1, 0.15) is 0 Å². The van der Waals surface area contributed by atoms with E-state index in [9.17, 15) is 4.79 Å². The van der Waals surface area contributed by atoms with Crippen LogP contribution in [0.2, 0.25) is 4.47 Å². The van der Waals surface area contributed by atoms with Gasteiger partial charge in [0.25, 0.3) is 5.91 Å². The van der Waals surface area contributed by atoms with Crippen molar-refractivity contribution in [2.24, 2.45) is 5.92 Å². The Labute approximate surface area is 97.0 Å². The monoisotopic (exact) mass is 245 g/mol. The molecule has 15 heavy (non-hydrogen) atoms. The fraction of sp³-hybridized carbons (Fsp3) is 0.667. The van der Waals surface area contributed by atoms with Crippen LogP contribution in [0.1, 0.15) is 36.5 Å². The second kappa shape index (κ2) is 3.72. The van der Waals surface area contributed by atoms with E-state index >= 15 is 0 Å². The van der Waals surface area contributed by atoms with Crippen molar-refractivity contribution in [1.82, 2.24) is 15.5 Å². The van der Waals surface area contributed by atoms with Crippen molar-refractivity contribution in [3.8, 4) is 0 Å². The summed E-state index contributed by atoms with van der Waals surface area (Å²) in [6, 6.07) is 0. The molecule has 1 aliphatic carbocycles. The van der Waals surface area contributed by atoms with E-state index in [-0.39, 0.29) is 11.4 Å². The molecule has 1 aromatic heterocycles. The van der Waals surface area contributed by atoms with Crippen LogP contribution in [0.25, 0.3) is 0 Å². The molecular weight excluding hydrogens is 234 g/mol. The van der Waals surface area contributed by atoms with Crippen LogP contribution in [0.4, 0.5) is 0 Å². The zero-order valence-corrected chi connectivity index (χ0v) is 10.2. The Morgan fingerprint density at radius 3 is 2.60 bits per heavy atom. The van der Waals surface area contributed by atoms with Gasteiger partial charge in [-0.1, -0.05) is 25.2 Å². The van der Waals surface area contributed by atoms with Gasteiger partial charge in [-0.05, 0) is 30.4 Å². The summed E-state index contributed by atoms with van der Waals surface area (Å²) in [6.45, 7) is 4.22. The second-order valence-corrected chi connectivity index (χ2v) is 5.68. The highest BCUT2D eigenvalue weighted by molar-refractivity contribution is 7.17. The van der Waals surface area contributed by atoms with Gasteiger partial charge in [0.15, 0.2) is 0 Å². The molecule has 4 nitrogen and oxygen atoms in total. The van der Waals surface area contributed by atoms with Crippen LogP contribution in [0, 0.1) is 5.92 Å². The van der Waals surface area contributed by atoms with Crippen LogP contribution in [-0.4, -0.2) is 21.6 Å². The molecule has 0 atom stereocenters. The van der Waals surface area contributed by atoms with Crippen LogP contribution in [0.15, 0.2) is 0 Å². The molecule has 1 saturated carbocycles. The summed E-state index contributed by atoms with van der Waals surface area (Å²) < 4.78 is 0.301. The summed E-state index contributed by atoms with van der Waals surface area (Å²) >= 11 is 6.73. The quantitative estimate of drug-likeness (QED) is 0.888. The van der Waals surface area contributed by atoms with Gasteiger partial charge in [0.05, 0.1) is 0 Å². The topological polar surface area (TPSA) is 54.9 Å². The lowest BCUT2D eigenvalue weighted by molar-refractivity contribution is 0.0917. The molecule has 1 aliphatic rings. The van der Waals surface area contributed by atoms with Crippen molar-refractivity contribution in [2.75, 3.05) is 0 Å². The third kappa shape index (κ3) is 2.13. The largest absolute Gasteiger partial charge is 0.344 e. The zero-order chi connectivity index (χ0) is 11.1. The van der Waals surface area contributed by atoms with Crippen molar-refractivity contribution < 1.29 is 4.79 Å². The maximum Gasteiger partial charge on any atom is 0.282 e. The number of carbonyl (C=O) groups excluding carboxylic acids is 1. The van der Waals surface area contributed by atoms with Crippen molar-refractivity contribution in [2.45, 2.75) is 32.2 Å². The van der Waals surface area contributed by atoms with E-state index in [0.29, 0.717) is 15.4 Å². The molecule has 0 spiro atoms. The highest BCUT2D eigenvalue weighted by atomic mass is 35.5. The van der Waals surface area contributed by atoms with Gasteiger partial charge in [-0.25, -0.2) is 0 Å². The van der Waals surface area contributed by atoms with Crippen molar-refractivity contribution in [1.29, 1.82) is 0 Å². The van der Waals surface area contributed by atoms with Gasteiger partial charge in [-0.15, -0.1) is 10.2 Å². The summed E-state index contributed by atoms with van der Waals surface area (Å²) in [6.07, 6.45) is 2.09. The molecule has 2 rings (SSSR count). The fourth-order valence-electron chi connectivity index (χ4n) is 1.56. The first-order chi connectivity index (χ1) is 7.03. The Hall–Kier alpha value is -0.680. The second-order valence-electron chi connectivity index (χ2n) is 4.13. The molecule has 0 radical (unpaired) electrons.